The van der Waals surface area contributed by atoms with Crippen LogP contribution in [-0.4, -0.2) is 67.7 Å². The zero-order chi connectivity index (χ0) is 20.5. The molecule has 0 saturated carbocycles. The minimum atomic E-state index is 0.591. The molecule has 1 N–H and O–H groups in total. The van der Waals surface area contributed by atoms with Crippen LogP contribution >= 0.6 is 0 Å². The predicted octanol–water partition coefficient (Wildman–Crippen LogP) is 3.61. The fourth-order valence-electron chi connectivity index (χ4n) is 4.44. The molecule has 2 aliphatic heterocycles. The van der Waals surface area contributed by atoms with E-state index in [2.05, 4.69) is 60.2 Å². The van der Waals surface area contributed by atoms with Gasteiger partial charge in [0.2, 0.25) is 0 Å². The summed E-state index contributed by atoms with van der Waals surface area (Å²) in [6.45, 7) is 14.7. The van der Waals surface area contributed by atoms with Gasteiger partial charge >= 0.3 is 0 Å². The van der Waals surface area contributed by atoms with E-state index in [0.717, 1.165) is 38.7 Å². The molecule has 2 atom stereocenters. The van der Waals surface area contributed by atoms with Gasteiger partial charge in [0.15, 0.2) is 5.96 Å². The Balaban J connectivity index is 1.45. The first-order chi connectivity index (χ1) is 14.2. The summed E-state index contributed by atoms with van der Waals surface area (Å²) >= 11 is 0. The first-order valence-corrected chi connectivity index (χ1v) is 11.5. The van der Waals surface area contributed by atoms with E-state index in [1.807, 2.05) is 6.07 Å². The maximum atomic E-state index is 5.99. The third-order valence-corrected chi connectivity index (χ3v) is 6.17. The topological polar surface area (TPSA) is 40.1 Å². The van der Waals surface area contributed by atoms with E-state index < -0.39 is 0 Å². The van der Waals surface area contributed by atoms with E-state index in [0.29, 0.717) is 24.5 Å². The lowest BCUT2D eigenvalue weighted by molar-refractivity contribution is 0.0906. The first-order valence-electron chi connectivity index (χ1n) is 11.5. The molecule has 2 fully saturated rings. The molecule has 162 valence electrons. The Kier molecular flexibility index (Phi) is 8.81. The van der Waals surface area contributed by atoms with Gasteiger partial charge < -0.3 is 19.9 Å². The van der Waals surface area contributed by atoms with E-state index >= 15 is 0 Å². The summed E-state index contributed by atoms with van der Waals surface area (Å²) in [6, 6.07) is 11.1. The van der Waals surface area contributed by atoms with Gasteiger partial charge in [0.05, 0.1) is 13.2 Å². The maximum absolute atomic E-state index is 5.99. The molecule has 29 heavy (non-hydrogen) atoms. The first kappa shape index (κ1) is 22.1. The zero-order valence-electron chi connectivity index (χ0n) is 18.6. The van der Waals surface area contributed by atoms with Crippen LogP contribution in [0.1, 0.15) is 45.6 Å². The van der Waals surface area contributed by atoms with E-state index in [9.17, 15) is 0 Å². The van der Waals surface area contributed by atoms with Gasteiger partial charge in [0.25, 0.3) is 0 Å². The lowest BCUT2D eigenvalue weighted by Crippen LogP contribution is -2.43. The molecule has 1 aromatic rings. The van der Waals surface area contributed by atoms with E-state index in [1.165, 1.54) is 37.9 Å². The highest BCUT2D eigenvalue weighted by atomic mass is 16.5. The minimum Gasteiger partial charge on any atom is -0.376 e. The molecule has 0 bridgehead atoms. The number of piperidine rings is 1. The molecule has 2 heterocycles. The minimum absolute atomic E-state index is 0.591. The number of nitrogens with zero attached hydrogens (tertiary/aromatic N) is 3. The van der Waals surface area contributed by atoms with Crippen molar-refractivity contribution in [3.05, 3.63) is 35.9 Å². The molecule has 1 aromatic carbocycles. The van der Waals surface area contributed by atoms with Gasteiger partial charge in [-0.05, 0) is 58.1 Å². The fourth-order valence-corrected chi connectivity index (χ4v) is 4.44. The number of hydrogen-bond acceptors (Lipinski definition) is 3. The van der Waals surface area contributed by atoms with E-state index in [-0.39, 0.29) is 0 Å². The maximum Gasteiger partial charge on any atom is 0.193 e. The number of guanidine groups is 1. The highest BCUT2D eigenvalue weighted by Gasteiger charge is 2.26. The van der Waals surface area contributed by atoms with Crippen molar-refractivity contribution in [3.8, 4) is 0 Å². The van der Waals surface area contributed by atoms with Gasteiger partial charge in [0.1, 0.15) is 0 Å². The lowest BCUT2D eigenvalue weighted by Gasteiger charge is -2.35. The van der Waals surface area contributed by atoms with Crippen molar-refractivity contribution in [2.45, 2.75) is 52.7 Å². The van der Waals surface area contributed by atoms with Crippen molar-refractivity contribution in [1.82, 2.24) is 15.1 Å². The third kappa shape index (κ3) is 7.00. The molecule has 2 aliphatic rings. The molecule has 2 unspecified atom stereocenters. The Morgan fingerprint density at radius 2 is 1.97 bits per heavy atom. The molecule has 5 nitrogen and oxygen atoms in total. The van der Waals surface area contributed by atoms with Gasteiger partial charge in [-0.15, -0.1) is 0 Å². The Morgan fingerprint density at radius 3 is 2.72 bits per heavy atom. The summed E-state index contributed by atoms with van der Waals surface area (Å²) in [7, 11) is 0. The van der Waals surface area contributed by atoms with Crippen LogP contribution in [0.15, 0.2) is 35.3 Å². The van der Waals surface area contributed by atoms with Crippen LogP contribution in [-0.2, 0) is 11.3 Å². The Hall–Kier alpha value is -1.59. The van der Waals surface area contributed by atoms with Crippen LogP contribution < -0.4 is 5.32 Å². The van der Waals surface area contributed by atoms with Crippen molar-refractivity contribution in [2.24, 2.45) is 16.8 Å². The van der Waals surface area contributed by atoms with Crippen molar-refractivity contribution < 1.29 is 4.74 Å². The van der Waals surface area contributed by atoms with Gasteiger partial charge in [-0.1, -0.05) is 30.3 Å². The number of likely N-dealkylation sites (tertiary alicyclic amines) is 2. The van der Waals surface area contributed by atoms with Crippen LogP contribution in [0.25, 0.3) is 0 Å². The largest absolute Gasteiger partial charge is 0.376 e. The number of hydrogen-bond donors (Lipinski definition) is 1. The highest BCUT2D eigenvalue weighted by molar-refractivity contribution is 5.80. The Morgan fingerprint density at radius 1 is 1.14 bits per heavy atom. The second-order valence-corrected chi connectivity index (χ2v) is 8.89. The smallest absolute Gasteiger partial charge is 0.193 e. The average Bonchev–Trinajstić information content (AvgIpc) is 3.21. The van der Waals surface area contributed by atoms with E-state index in [1.54, 1.807) is 0 Å². The highest BCUT2D eigenvalue weighted by Crippen LogP contribution is 2.20. The van der Waals surface area contributed by atoms with Crippen molar-refractivity contribution in [3.63, 3.8) is 0 Å². The summed E-state index contributed by atoms with van der Waals surface area (Å²) in [6.07, 6.45) is 3.80. The lowest BCUT2D eigenvalue weighted by atomic mass is 9.97. The fraction of sp³-hybridized carbons (Fsp3) is 0.708. The quantitative estimate of drug-likeness (QED) is 0.535. The van der Waals surface area contributed by atoms with Gasteiger partial charge in [-0.25, -0.2) is 0 Å². The molecule has 0 radical (unpaired) electrons. The summed E-state index contributed by atoms with van der Waals surface area (Å²) in [4.78, 5) is 10.1. The van der Waals surface area contributed by atoms with Crippen molar-refractivity contribution in [2.75, 3.05) is 45.9 Å². The molecule has 0 amide bonds. The number of benzene rings is 1. The third-order valence-electron chi connectivity index (χ3n) is 6.17. The molecule has 3 rings (SSSR count). The van der Waals surface area contributed by atoms with Crippen molar-refractivity contribution >= 4 is 5.96 Å². The van der Waals surface area contributed by atoms with Gasteiger partial charge in [0, 0.05) is 44.7 Å². The van der Waals surface area contributed by atoms with E-state index in [4.69, 9.17) is 9.73 Å². The summed E-state index contributed by atoms with van der Waals surface area (Å²) < 4.78 is 5.99. The molecule has 0 aliphatic carbocycles. The van der Waals surface area contributed by atoms with Gasteiger partial charge in [-0.3, -0.25) is 4.99 Å². The monoisotopic (exact) mass is 400 g/mol. The van der Waals surface area contributed by atoms with Crippen LogP contribution in [0.5, 0.6) is 0 Å². The summed E-state index contributed by atoms with van der Waals surface area (Å²) in [5.41, 5.74) is 1.25. The van der Waals surface area contributed by atoms with Crippen molar-refractivity contribution in [1.29, 1.82) is 0 Å². The molecule has 5 heteroatoms. The number of ether oxygens (including phenoxy) is 1. The van der Waals surface area contributed by atoms with Gasteiger partial charge in [-0.2, -0.15) is 0 Å². The summed E-state index contributed by atoms with van der Waals surface area (Å²) in [5.74, 6) is 2.38. The average molecular weight is 401 g/mol. The SMILES string of the molecule is CCNC(=NCC1CCCN(C(C)C)C1)N1CCC(COCc2ccccc2)C1. The second-order valence-electron chi connectivity index (χ2n) is 8.89. The normalized spacial score (nSPS) is 23.7. The standard InChI is InChI=1S/C24H40N4O/c1-4-25-24(26-15-22-11-8-13-27(16-22)20(2)3)28-14-12-23(17-28)19-29-18-21-9-6-5-7-10-21/h5-7,9-10,20,22-23H,4,8,11-19H2,1-3H3,(H,25,26). The van der Waals surface area contributed by atoms with Crippen LogP contribution in [0.3, 0.4) is 0 Å². The van der Waals surface area contributed by atoms with Crippen LogP contribution in [0.4, 0.5) is 0 Å². The number of rotatable bonds is 8. The number of nitrogens with one attached hydrogen (secondary N) is 1. The zero-order valence-corrected chi connectivity index (χ0v) is 18.6. The second kappa shape index (κ2) is 11.6. The predicted molar refractivity (Wildman–Crippen MR) is 121 cm³/mol. The molecule has 0 aromatic heterocycles. The van der Waals surface area contributed by atoms with Crippen LogP contribution in [0.2, 0.25) is 0 Å². The molecule has 2 saturated heterocycles. The van der Waals surface area contributed by atoms with Crippen LogP contribution in [0, 0.1) is 11.8 Å². The Labute approximate surface area is 177 Å². The molecular weight excluding hydrogens is 360 g/mol. The molecule has 0 spiro atoms. The molecular formula is C24H40N4O. The summed E-state index contributed by atoms with van der Waals surface area (Å²) in [5, 5.41) is 3.52. The Bertz CT molecular complexity index is 619. The number of aliphatic imine (C=N–C) groups is 1.